The fraction of sp³-hybridized carbons (Fsp3) is 0.429. The fourth-order valence-corrected chi connectivity index (χ4v) is 4.78. The number of cyclic esters (lactones) is 1. The molecule has 38 heavy (non-hydrogen) atoms. The van der Waals surface area contributed by atoms with Crippen molar-refractivity contribution in [3.05, 3.63) is 71.8 Å². The van der Waals surface area contributed by atoms with Gasteiger partial charge in [0, 0.05) is 18.6 Å². The second-order valence-electron chi connectivity index (χ2n) is 9.50. The molecule has 9 nitrogen and oxygen atoms in total. The molecule has 1 aliphatic heterocycles. The van der Waals surface area contributed by atoms with E-state index in [2.05, 4.69) is 10.7 Å². The molecule has 0 bridgehead atoms. The van der Waals surface area contributed by atoms with Crippen molar-refractivity contribution in [3.63, 3.8) is 0 Å². The molecule has 0 saturated carbocycles. The number of alkyl carbamates (subject to hydrolysis) is 1. The Morgan fingerprint density at radius 2 is 1.74 bits per heavy atom. The van der Waals surface area contributed by atoms with Gasteiger partial charge in [0.2, 0.25) is 5.91 Å². The van der Waals surface area contributed by atoms with E-state index in [4.69, 9.17) is 9.47 Å². The zero-order chi connectivity index (χ0) is 27.3. The molecule has 0 spiro atoms. The number of hydrogen-bond donors (Lipinski definition) is 2. The molecule has 0 aromatic heterocycles. The van der Waals surface area contributed by atoms with Crippen molar-refractivity contribution in [2.24, 2.45) is 5.92 Å². The number of hydrogen-bond acceptors (Lipinski definition) is 7. The maximum Gasteiger partial charge on any atom is 0.426 e. The lowest BCUT2D eigenvalue weighted by Crippen LogP contribution is -2.56. The standard InChI is InChI=1S/C28H35N3O6S/c1-20(2)13-14-26(33)31(30-28(35)36-16-22-11-7-4-8-12-22)24(15-21-9-5-3-6-10-21)25(32)19-38-18-23-17-37-27(34)29-23/h3-12,20,23-24H,13-19H2,1-2H3,(H,29,34)(H,30,35)/t23-,24-/m0/s1. The van der Waals surface area contributed by atoms with Crippen molar-refractivity contribution in [1.29, 1.82) is 0 Å². The number of carbonyl (C=O) groups is 4. The summed E-state index contributed by atoms with van der Waals surface area (Å²) in [7, 11) is 0. The van der Waals surface area contributed by atoms with Crippen LogP contribution in [0.15, 0.2) is 60.7 Å². The Labute approximate surface area is 227 Å². The summed E-state index contributed by atoms with van der Waals surface area (Å²) in [4.78, 5) is 50.9. The zero-order valence-electron chi connectivity index (χ0n) is 21.8. The number of amides is 3. The first-order valence-electron chi connectivity index (χ1n) is 12.7. The van der Waals surface area contributed by atoms with E-state index in [1.165, 1.54) is 11.8 Å². The Kier molecular flexibility index (Phi) is 11.5. The second kappa shape index (κ2) is 15.0. The smallest absolute Gasteiger partial charge is 0.426 e. The van der Waals surface area contributed by atoms with E-state index in [1.54, 1.807) is 0 Å². The van der Waals surface area contributed by atoms with E-state index in [1.807, 2.05) is 74.5 Å². The number of hydrazine groups is 1. The molecule has 0 unspecified atom stereocenters. The van der Waals surface area contributed by atoms with Gasteiger partial charge in [0.1, 0.15) is 19.3 Å². The summed E-state index contributed by atoms with van der Waals surface area (Å²) in [6, 6.07) is 17.5. The SMILES string of the molecule is CC(C)CCC(=O)N(NC(=O)OCc1ccccc1)[C@@H](Cc1ccccc1)C(=O)CSC[C@@H]1COC(=O)N1. The highest BCUT2D eigenvalue weighted by Crippen LogP contribution is 2.17. The highest BCUT2D eigenvalue weighted by Gasteiger charge is 2.32. The molecule has 2 aromatic carbocycles. The van der Waals surface area contributed by atoms with Crippen LogP contribution in [0.4, 0.5) is 9.59 Å². The van der Waals surface area contributed by atoms with Gasteiger partial charge in [-0.25, -0.2) is 20.0 Å². The Morgan fingerprint density at radius 3 is 2.34 bits per heavy atom. The van der Waals surface area contributed by atoms with Gasteiger partial charge in [-0.3, -0.25) is 9.59 Å². The number of nitrogens with one attached hydrogen (secondary N) is 2. The minimum absolute atomic E-state index is 0.0308. The van der Waals surface area contributed by atoms with Crippen LogP contribution in [0, 0.1) is 5.92 Å². The number of carbonyl (C=O) groups excluding carboxylic acids is 4. The van der Waals surface area contributed by atoms with Crippen molar-refractivity contribution in [1.82, 2.24) is 15.8 Å². The first-order chi connectivity index (χ1) is 18.3. The molecule has 204 valence electrons. The van der Waals surface area contributed by atoms with E-state index in [0.29, 0.717) is 12.2 Å². The van der Waals surface area contributed by atoms with E-state index < -0.39 is 18.2 Å². The van der Waals surface area contributed by atoms with Gasteiger partial charge < -0.3 is 14.8 Å². The van der Waals surface area contributed by atoms with Crippen molar-refractivity contribution >= 4 is 35.6 Å². The third-order valence-corrected chi connectivity index (χ3v) is 7.01. The topological polar surface area (TPSA) is 114 Å². The molecule has 1 aliphatic rings. The number of Topliss-reactive ketones (excluding diaryl/α,β-unsaturated/α-hetero) is 1. The van der Waals surface area contributed by atoms with Gasteiger partial charge in [-0.1, -0.05) is 74.5 Å². The minimum Gasteiger partial charge on any atom is -0.447 e. The number of ketones is 1. The molecule has 2 N–H and O–H groups in total. The van der Waals surface area contributed by atoms with Crippen LogP contribution in [-0.4, -0.2) is 59.1 Å². The highest BCUT2D eigenvalue weighted by molar-refractivity contribution is 8.00. The van der Waals surface area contributed by atoms with E-state index >= 15 is 0 Å². The first-order valence-corrected chi connectivity index (χ1v) is 13.8. The molecule has 0 radical (unpaired) electrons. The number of benzene rings is 2. The molecular formula is C28H35N3O6S. The molecule has 1 saturated heterocycles. The summed E-state index contributed by atoms with van der Waals surface area (Å²) in [5.41, 5.74) is 4.22. The predicted molar refractivity (Wildman–Crippen MR) is 145 cm³/mol. The molecule has 2 aromatic rings. The Morgan fingerprint density at radius 1 is 1.08 bits per heavy atom. The van der Waals surface area contributed by atoms with Crippen LogP contribution < -0.4 is 10.7 Å². The van der Waals surface area contributed by atoms with Gasteiger partial charge in [-0.05, 0) is 23.5 Å². The molecule has 3 rings (SSSR count). The second-order valence-corrected chi connectivity index (χ2v) is 10.5. The van der Waals surface area contributed by atoms with Crippen LogP contribution in [0.3, 0.4) is 0 Å². The van der Waals surface area contributed by atoms with Crippen molar-refractivity contribution in [2.45, 2.75) is 51.8 Å². The number of rotatable bonds is 13. The van der Waals surface area contributed by atoms with Gasteiger partial charge in [-0.15, -0.1) is 0 Å². The largest absolute Gasteiger partial charge is 0.447 e. The van der Waals surface area contributed by atoms with Gasteiger partial charge >= 0.3 is 12.2 Å². The molecular weight excluding hydrogens is 506 g/mol. The van der Waals surface area contributed by atoms with Gasteiger partial charge in [0.25, 0.3) is 0 Å². The maximum absolute atomic E-state index is 13.5. The van der Waals surface area contributed by atoms with E-state index in [0.717, 1.165) is 16.1 Å². The Hall–Kier alpha value is -3.53. The summed E-state index contributed by atoms with van der Waals surface area (Å²) in [5.74, 6) is 0.284. The highest BCUT2D eigenvalue weighted by atomic mass is 32.2. The van der Waals surface area contributed by atoms with Crippen LogP contribution in [0.5, 0.6) is 0 Å². The van der Waals surface area contributed by atoms with Gasteiger partial charge in [-0.2, -0.15) is 11.8 Å². The average Bonchev–Trinajstić information content (AvgIpc) is 3.33. The summed E-state index contributed by atoms with van der Waals surface area (Å²) >= 11 is 1.35. The van der Waals surface area contributed by atoms with Crippen molar-refractivity contribution < 1.29 is 28.7 Å². The Balaban J connectivity index is 1.74. The molecule has 3 amide bonds. The Bertz CT molecular complexity index is 1070. The third-order valence-electron chi connectivity index (χ3n) is 5.88. The lowest BCUT2D eigenvalue weighted by molar-refractivity contribution is -0.142. The molecule has 10 heteroatoms. The minimum atomic E-state index is -0.928. The van der Waals surface area contributed by atoms with E-state index in [9.17, 15) is 19.2 Å². The lowest BCUT2D eigenvalue weighted by Gasteiger charge is -2.31. The van der Waals surface area contributed by atoms with Crippen molar-refractivity contribution in [2.75, 3.05) is 18.1 Å². The number of ether oxygens (including phenoxy) is 2. The predicted octanol–water partition coefficient (Wildman–Crippen LogP) is 4.11. The molecule has 1 fully saturated rings. The van der Waals surface area contributed by atoms with Crippen LogP contribution in [0.2, 0.25) is 0 Å². The van der Waals surface area contributed by atoms with Crippen LogP contribution >= 0.6 is 11.8 Å². The maximum atomic E-state index is 13.5. The summed E-state index contributed by atoms with van der Waals surface area (Å²) in [6.07, 6.45) is -0.262. The third kappa shape index (κ3) is 9.74. The summed E-state index contributed by atoms with van der Waals surface area (Å²) in [6.45, 7) is 4.30. The van der Waals surface area contributed by atoms with Gasteiger partial charge in [0.15, 0.2) is 5.78 Å². The van der Waals surface area contributed by atoms with Crippen LogP contribution in [0.1, 0.15) is 37.8 Å². The lowest BCUT2D eigenvalue weighted by atomic mass is 10.0. The summed E-state index contributed by atoms with van der Waals surface area (Å²) < 4.78 is 10.3. The van der Waals surface area contributed by atoms with Crippen molar-refractivity contribution in [3.8, 4) is 0 Å². The van der Waals surface area contributed by atoms with E-state index in [-0.39, 0.29) is 55.5 Å². The van der Waals surface area contributed by atoms with Crippen LogP contribution in [-0.2, 0) is 32.1 Å². The molecule has 1 heterocycles. The normalized spacial score (nSPS) is 15.3. The van der Waals surface area contributed by atoms with Crippen LogP contribution in [0.25, 0.3) is 0 Å². The molecule has 0 aliphatic carbocycles. The number of thioether (sulfide) groups is 1. The quantitative estimate of drug-likeness (QED) is 0.367. The fourth-order valence-electron chi connectivity index (χ4n) is 3.80. The first kappa shape index (κ1) is 29.0. The summed E-state index contributed by atoms with van der Waals surface area (Å²) in [5, 5.41) is 3.83. The monoisotopic (exact) mass is 541 g/mol. The zero-order valence-corrected chi connectivity index (χ0v) is 22.6. The van der Waals surface area contributed by atoms with Gasteiger partial charge in [0.05, 0.1) is 11.8 Å². The number of nitrogens with zero attached hydrogens (tertiary/aromatic N) is 1. The average molecular weight is 542 g/mol. The molecule has 2 atom stereocenters.